The molecule has 0 unspecified atom stereocenters. The number of terminal acetylenes is 1. The number of nitrogens with two attached hydrogens (primary N) is 1. The number of pyridine rings is 1. The number of aromatic nitrogens is 1. The van der Waals surface area contributed by atoms with Crippen molar-refractivity contribution in [3.05, 3.63) is 58.0 Å². The van der Waals surface area contributed by atoms with Crippen LogP contribution in [-0.4, -0.2) is 30.1 Å². The van der Waals surface area contributed by atoms with Crippen molar-refractivity contribution in [2.75, 3.05) is 18.5 Å². The van der Waals surface area contributed by atoms with Crippen LogP contribution in [0.5, 0.6) is 0 Å². The number of anilines is 1. The minimum absolute atomic E-state index is 0.116. The Morgan fingerprint density at radius 2 is 1.97 bits per heavy atom. The van der Waals surface area contributed by atoms with Crippen LogP contribution in [0.1, 0.15) is 24.0 Å². The van der Waals surface area contributed by atoms with E-state index in [1.54, 1.807) is 36.5 Å². The number of aliphatic imine (C=N–C) groups is 1. The molecular formula is C21H22N6O2. The van der Waals surface area contributed by atoms with Crippen LogP contribution in [0.3, 0.4) is 0 Å². The van der Waals surface area contributed by atoms with Crippen LogP contribution in [0.2, 0.25) is 0 Å². The third-order valence-electron chi connectivity index (χ3n) is 3.98. The highest BCUT2D eigenvalue weighted by molar-refractivity contribution is 6.03. The molecule has 1 aromatic heterocycles. The van der Waals surface area contributed by atoms with E-state index >= 15 is 0 Å². The Labute approximate surface area is 169 Å². The number of nitrogens with zero attached hydrogens (tertiary/aromatic N) is 3. The molecule has 0 saturated carbocycles. The Kier molecular flexibility index (Phi) is 9.79. The number of ether oxygens (including phenoxy) is 1. The van der Waals surface area contributed by atoms with Gasteiger partial charge < -0.3 is 20.8 Å². The van der Waals surface area contributed by atoms with Crippen LogP contribution in [0.25, 0.3) is 0 Å². The smallest absolute Gasteiger partial charge is 0.261 e. The SMILES string of the molecule is C#C.C#N.N#Cc1ccc(N=C(N)c2c(N[C@@H]3CCCOC3)cc[nH]c2=O)cc1. The number of hydrogen-bond donors (Lipinski definition) is 3. The van der Waals surface area contributed by atoms with Crippen molar-refractivity contribution in [2.45, 2.75) is 18.9 Å². The van der Waals surface area contributed by atoms with Gasteiger partial charge in [0.05, 0.1) is 29.6 Å². The highest BCUT2D eigenvalue weighted by Crippen LogP contribution is 2.18. The number of H-pyrrole nitrogens is 1. The van der Waals surface area contributed by atoms with E-state index in [0.717, 1.165) is 19.4 Å². The second-order valence-corrected chi connectivity index (χ2v) is 5.81. The molecule has 29 heavy (non-hydrogen) atoms. The lowest BCUT2D eigenvalue weighted by molar-refractivity contribution is 0.0876. The quantitative estimate of drug-likeness (QED) is 0.415. The first-order chi connectivity index (χ1) is 14.2. The van der Waals surface area contributed by atoms with Gasteiger partial charge in [-0.05, 0) is 43.2 Å². The maximum absolute atomic E-state index is 12.3. The van der Waals surface area contributed by atoms with Crippen LogP contribution in [-0.2, 0) is 4.74 Å². The van der Waals surface area contributed by atoms with Gasteiger partial charge in [0.15, 0.2) is 0 Å². The molecule has 0 radical (unpaired) electrons. The standard InChI is InChI=1S/C18H19N5O2.C2H2.CHN/c19-10-12-3-5-13(6-4-12)23-17(20)16-15(7-8-21-18(16)24)22-14-2-1-9-25-11-14;2*1-2/h3-8,14H,1-2,9,11H2,(H2,20,23)(H2,21,22,24);1-2H;1H/t14-;;/m1../s1. The lowest BCUT2D eigenvalue weighted by Gasteiger charge is -2.25. The van der Waals surface area contributed by atoms with Crippen LogP contribution in [0.15, 0.2) is 46.3 Å². The molecule has 1 fully saturated rings. The summed E-state index contributed by atoms with van der Waals surface area (Å²) >= 11 is 0. The van der Waals surface area contributed by atoms with Crippen LogP contribution in [0.4, 0.5) is 11.4 Å². The van der Waals surface area contributed by atoms with Gasteiger partial charge in [0.25, 0.3) is 5.56 Å². The topological polar surface area (TPSA) is 140 Å². The fraction of sp³-hybridized carbons (Fsp3) is 0.238. The largest absolute Gasteiger partial charge is 0.383 e. The molecule has 8 nitrogen and oxygen atoms in total. The highest BCUT2D eigenvalue weighted by Gasteiger charge is 2.18. The fourth-order valence-electron chi connectivity index (χ4n) is 2.73. The second kappa shape index (κ2) is 12.3. The summed E-state index contributed by atoms with van der Waals surface area (Å²) in [6.07, 6.45) is 11.5. The molecule has 0 bridgehead atoms. The minimum atomic E-state index is -0.309. The molecular weight excluding hydrogens is 368 g/mol. The Hall–Kier alpha value is -4.06. The van der Waals surface area contributed by atoms with Crippen molar-refractivity contribution in [2.24, 2.45) is 10.7 Å². The zero-order chi connectivity index (χ0) is 21.6. The van der Waals surface area contributed by atoms with Gasteiger partial charge in [0, 0.05) is 25.4 Å². The summed E-state index contributed by atoms with van der Waals surface area (Å²) in [6, 6.07) is 10.6. The number of rotatable bonds is 4. The Balaban J connectivity index is 0.000000989. The minimum Gasteiger partial charge on any atom is -0.383 e. The first-order valence-corrected chi connectivity index (χ1v) is 8.67. The van der Waals surface area contributed by atoms with Gasteiger partial charge in [0.2, 0.25) is 0 Å². The summed E-state index contributed by atoms with van der Waals surface area (Å²) in [6.45, 7) is 4.86. The second-order valence-electron chi connectivity index (χ2n) is 5.81. The number of nitrogens with one attached hydrogen (secondary N) is 2. The number of amidine groups is 1. The zero-order valence-corrected chi connectivity index (χ0v) is 15.8. The van der Waals surface area contributed by atoms with Crippen molar-refractivity contribution >= 4 is 17.2 Å². The van der Waals surface area contributed by atoms with Crippen molar-refractivity contribution in [3.8, 4) is 25.5 Å². The molecule has 4 N–H and O–H groups in total. The van der Waals surface area contributed by atoms with Gasteiger partial charge in [-0.3, -0.25) is 4.79 Å². The molecule has 0 aliphatic carbocycles. The first kappa shape index (κ1) is 23.0. The monoisotopic (exact) mass is 390 g/mol. The van der Waals surface area contributed by atoms with Crippen LogP contribution in [0, 0.1) is 36.0 Å². The Bertz CT molecular complexity index is 939. The summed E-state index contributed by atoms with van der Waals surface area (Å²) in [7, 11) is 0. The molecule has 0 amide bonds. The Morgan fingerprint density at radius 1 is 1.28 bits per heavy atom. The molecule has 0 spiro atoms. The van der Waals surface area contributed by atoms with E-state index in [-0.39, 0.29) is 17.4 Å². The predicted molar refractivity (Wildman–Crippen MR) is 113 cm³/mol. The molecule has 1 aliphatic heterocycles. The zero-order valence-electron chi connectivity index (χ0n) is 15.8. The fourth-order valence-corrected chi connectivity index (χ4v) is 2.73. The first-order valence-electron chi connectivity index (χ1n) is 8.67. The molecule has 2 aromatic rings. The summed E-state index contributed by atoms with van der Waals surface area (Å²) < 4.78 is 5.47. The van der Waals surface area contributed by atoms with Crippen molar-refractivity contribution in [1.29, 1.82) is 10.5 Å². The number of hydrogen-bond acceptors (Lipinski definition) is 6. The number of nitriles is 2. The lowest BCUT2D eigenvalue weighted by atomic mass is 10.1. The number of aromatic amines is 1. The molecule has 1 atom stereocenters. The number of benzene rings is 1. The van der Waals surface area contributed by atoms with Crippen molar-refractivity contribution in [3.63, 3.8) is 0 Å². The average Bonchev–Trinajstić information content (AvgIpc) is 2.78. The van der Waals surface area contributed by atoms with Gasteiger partial charge in [0.1, 0.15) is 11.4 Å². The molecule has 2 heterocycles. The molecule has 1 saturated heterocycles. The lowest BCUT2D eigenvalue weighted by Crippen LogP contribution is -2.33. The summed E-state index contributed by atoms with van der Waals surface area (Å²) in [4.78, 5) is 19.2. The van der Waals surface area contributed by atoms with E-state index in [1.165, 1.54) is 0 Å². The molecule has 148 valence electrons. The maximum Gasteiger partial charge on any atom is 0.261 e. The highest BCUT2D eigenvalue weighted by atomic mass is 16.5. The van der Waals surface area contributed by atoms with E-state index in [0.29, 0.717) is 29.1 Å². The third kappa shape index (κ3) is 6.55. The summed E-state index contributed by atoms with van der Waals surface area (Å²) in [5.74, 6) is 0.116. The van der Waals surface area contributed by atoms with Crippen molar-refractivity contribution in [1.82, 2.24) is 4.98 Å². The normalized spacial score (nSPS) is 15.4. The van der Waals surface area contributed by atoms with E-state index in [1.807, 2.05) is 6.07 Å². The van der Waals surface area contributed by atoms with Crippen molar-refractivity contribution < 1.29 is 4.74 Å². The van der Waals surface area contributed by atoms with Gasteiger partial charge in [-0.1, -0.05) is 0 Å². The molecule has 8 heteroatoms. The molecule has 3 rings (SSSR count). The third-order valence-corrected chi connectivity index (χ3v) is 3.98. The van der Waals surface area contributed by atoms with Gasteiger partial charge in [-0.15, -0.1) is 12.8 Å². The molecule has 1 aliphatic rings. The Morgan fingerprint density at radius 3 is 2.55 bits per heavy atom. The van der Waals surface area contributed by atoms with E-state index in [2.05, 4.69) is 34.7 Å². The van der Waals surface area contributed by atoms with Crippen LogP contribution >= 0.6 is 0 Å². The van der Waals surface area contributed by atoms with E-state index in [9.17, 15) is 4.79 Å². The predicted octanol–water partition coefficient (Wildman–Crippen LogP) is 2.26. The molecule has 1 aromatic carbocycles. The van der Waals surface area contributed by atoms with Gasteiger partial charge in [-0.2, -0.15) is 5.26 Å². The average molecular weight is 390 g/mol. The van der Waals surface area contributed by atoms with E-state index < -0.39 is 0 Å². The van der Waals surface area contributed by atoms with Gasteiger partial charge in [-0.25, -0.2) is 10.3 Å². The van der Waals surface area contributed by atoms with Gasteiger partial charge >= 0.3 is 0 Å². The summed E-state index contributed by atoms with van der Waals surface area (Å²) in [5, 5.41) is 18.7. The van der Waals surface area contributed by atoms with Crippen LogP contribution < -0.4 is 16.6 Å². The van der Waals surface area contributed by atoms with E-state index in [4.69, 9.17) is 21.0 Å². The maximum atomic E-state index is 12.3. The summed E-state index contributed by atoms with van der Waals surface area (Å²) in [5.41, 5.74) is 7.84.